The van der Waals surface area contributed by atoms with Crippen LogP contribution in [0.1, 0.15) is 22.3 Å². The normalized spacial score (nSPS) is 13.1. The van der Waals surface area contributed by atoms with Crippen molar-refractivity contribution in [2.75, 3.05) is 0 Å². The van der Waals surface area contributed by atoms with Crippen LogP contribution in [0.3, 0.4) is 0 Å². The second-order valence-corrected chi connectivity index (χ2v) is 24.7. The summed E-state index contributed by atoms with van der Waals surface area (Å²) in [6.45, 7) is 8.07. The van der Waals surface area contributed by atoms with Gasteiger partial charge in [0.25, 0.3) is 0 Å². The molecule has 93 heavy (non-hydrogen) atoms. The van der Waals surface area contributed by atoms with E-state index in [1.165, 1.54) is 43.4 Å². The SMILES string of the molecule is [C-]#[N+]c1ccc2c(c1)c1ccccc1n2-c1ccc2c(c1)C1(c3cc(-n4c5ccccc5c5cc(-n6c7ccccc7c7ccccc76)ccc54)ccc3O2)c2cc(-n3c4ccccc4c4ccccc43)cnc2-c2ncc(-n3c4ccccc4c4ccccc43)cc21. The Morgan fingerprint density at radius 1 is 0.269 bits per heavy atom. The Balaban J connectivity index is 0.884. The third kappa shape index (κ3) is 6.62. The monoisotopic (exact) mass is 1180 g/mol. The molecular formula is C84H48N8O. The Labute approximate surface area is 531 Å². The number of hydrogen-bond donors (Lipinski definition) is 0. The van der Waals surface area contributed by atoms with Gasteiger partial charge in [0.1, 0.15) is 11.5 Å². The summed E-state index contributed by atoms with van der Waals surface area (Å²) in [4.78, 5) is 15.3. The summed E-state index contributed by atoms with van der Waals surface area (Å²) in [5, 5.41) is 11.5. The number of ether oxygens (including phenoxy) is 1. The molecule has 9 heteroatoms. The molecule has 7 aromatic heterocycles. The van der Waals surface area contributed by atoms with Crippen molar-refractivity contribution in [2.45, 2.75) is 5.41 Å². The molecule has 19 aromatic rings. The van der Waals surface area contributed by atoms with Gasteiger partial charge in [0.2, 0.25) is 0 Å². The van der Waals surface area contributed by atoms with Gasteiger partial charge < -0.3 is 27.6 Å². The van der Waals surface area contributed by atoms with E-state index in [2.05, 4.69) is 295 Å². The highest BCUT2D eigenvalue weighted by atomic mass is 16.5. The Hall–Kier alpha value is -12.8. The van der Waals surface area contributed by atoms with Gasteiger partial charge in [-0.05, 0) is 133 Å². The van der Waals surface area contributed by atoms with Crippen LogP contribution in [0.4, 0.5) is 5.69 Å². The standard InChI is InChI=1S/C84H48N8O/c1-85-50-34-38-78-64(42-50)62-24-8-16-32-76(62)89(78)52-36-40-80-66(44-52)84(67-45-53(37-41-81(67)93-80)90-77-33-17-9-25-63(77)65-43-51(35-39-79(65)90)88-70-26-10-2-18-56(70)57-19-3-11-27-71(57)88)68-46-54(91-72-28-12-4-20-58(72)59-21-5-13-29-73(59)91)48-86-82(68)83-69(84)47-55(49-87-83)92-74-30-14-6-22-60(74)61-23-7-15-31-75(61)92/h2-49H. The molecule has 1 aliphatic heterocycles. The van der Waals surface area contributed by atoms with E-state index >= 15 is 0 Å². The number of nitrogens with zero attached hydrogens (tertiary/aromatic N) is 8. The van der Waals surface area contributed by atoms with E-state index < -0.39 is 5.41 Å². The first-order valence-electron chi connectivity index (χ1n) is 31.5. The Kier molecular flexibility index (Phi) is 9.93. The van der Waals surface area contributed by atoms with Gasteiger partial charge in [-0.1, -0.05) is 152 Å². The second-order valence-electron chi connectivity index (χ2n) is 24.7. The number of pyridine rings is 2. The highest BCUT2D eigenvalue weighted by Gasteiger charge is 2.54. The van der Waals surface area contributed by atoms with E-state index in [1.54, 1.807) is 0 Å². The minimum absolute atomic E-state index is 0.597. The van der Waals surface area contributed by atoms with Crippen LogP contribution >= 0.6 is 0 Å². The predicted molar refractivity (Wildman–Crippen MR) is 377 cm³/mol. The molecule has 0 N–H and O–H groups in total. The molecule has 0 unspecified atom stereocenters. The third-order valence-electron chi connectivity index (χ3n) is 20.2. The maximum absolute atomic E-state index is 8.07. The highest BCUT2D eigenvalue weighted by molar-refractivity contribution is 6.14. The molecule has 9 nitrogen and oxygen atoms in total. The van der Waals surface area contributed by atoms with Crippen molar-refractivity contribution in [3.05, 3.63) is 325 Å². The van der Waals surface area contributed by atoms with Crippen LogP contribution in [0.15, 0.2) is 291 Å². The summed E-state index contributed by atoms with van der Waals surface area (Å²) < 4.78 is 19.4. The molecular weight excluding hydrogens is 1140 g/mol. The van der Waals surface area contributed by atoms with Crippen LogP contribution in [0.5, 0.6) is 11.5 Å². The summed E-state index contributed by atoms with van der Waals surface area (Å²) in [6.07, 6.45) is 4.08. The van der Waals surface area contributed by atoms with Gasteiger partial charge in [-0.3, -0.25) is 9.97 Å². The Morgan fingerprint density at radius 3 is 0.914 bits per heavy atom. The smallest absolute Gasteiger partial charge is 0.188 e. The molecule has 1 aliphatic carbocycles. The average molecular weight is 1190 g/mol. The maximum atomic E-state index is 8.07. The highest BCUT2D eigenvalue weighted by Crippen LogP contribution is 2.63. The molecule has 0 fully saturated rings. The van der Waals surface area contributed by atoms with E-state index in [1.807, 2.05) is 24.5 Å². The lowest BCUT2D eigenvalue weighted by atomic mass is 9.66. The van der Waals surface area contributed by atoms with Gasteiger partial charge in [0.15, 0.2) is 5.69 Å². The first kappa shape index (κ1) is 50.1. The molecule has 8 heterocycles. The van der Waals surface area contributed by atoms with Crippen LogP contribution in [-0.4, -0.2) is 32.8 Å². The minimum atomic E-state index is -1.12. The number of para-hydroxylation sites is 8. The fraction of sp³-hybridized carbons (Fsp3) is 0.0119. The molecule has 12 aromatic carbocycles. The fourth-order valence-electron chi connectivity index (χ4n) is 16.5. The number of fused-ring (bicyclic) bond motifs is 24. The molecule has 0 atom stereocenters. The first-order valence-corrected chi connectivity index (χ1v) is 31.5. The number of aromatic nitrogens is 7. The lowest BCUT2D eigenvalue weighted by Crippen LogP contribution is -2.33. The van der Waals surface area contributed by atoms with Crippen molar-refractivity contribution >= 4 is 115 Å². The molecule has 0 saturated heterocycles. The molecule has 0 radical (unpaired) electrons. The molecule has 0 bridgehead atoms. The van der Waals surface area contributed by atoms with Gasteiger partial charge >= 0.3 is 0 Å². The zero-order chi connectivity index (χ0) is 60.8. The first-order chi connectivity index (χ1) is 46.1. The quantitative estimate of drug-likeness (QED) is 0.161. The number of rotatable bonds is 5. The van der Waals surface area contributed by atoms with Crippen molar-refractivity contribution in [1.82, 2.24) is 32.8 Å². The Bertz CT molecular complexity index is 6250. The minimum Gasteiger partial charge on any atom is -0.457 e. The maximum Gasteiger partial charge on any atom is 0.188 e. The zero-order valence-corrected chi connectivity index (χ0v) is 49.7. The predicted octanol–water partition coefficient (Wildman–Crippen LogP) is 21.0. The van der Waals surface area contributed by atoms with Crippen LogP contribution in [0.2, 0.25) is 0 Å². The average Bonchev–Trinajstić information content (AvgIpc) is 1.56. The van der Waals surface area contributed by atoms with Crippen LogP contribution < -0.4 is 4.74 Å². The van der Waals surface area contributed by atoms with E-state index in [9.17, 15) is 0 Å². The van der Waals surface area contributed by atoms with Crippen LogP contribution in [0.25, 0.3) is 154 Å². The summed E-state index contributed by atoms with van der Waals surface area (Å²) in [7, 11) is 0. The van der Waals surface area contributed by atoms with Gasteiger partial charge in [-0.25, -0.2) is 4.85 Å². The molecule has 430 valence electrons. The summed E-state index contributed by atoms with van der Waals surface area (Å²) in [5.74, 6) is 1.47. The zero-order valence-electron chi connectivity index (χ0n) is 49.7. The van der Waals surface area contributed by atoms with Gasteiger partial charge in [-0.15, -0.1) is 0 Å². The van der Waals surface area contributed by atoms with E-state index in [-0.39, 0.29) is 0 Å². The van der Waals surface area contributed by atoms with E-state index in [4.69, 9.17) is 21.3 Å². The lowest BCUT2D eigenvalue weighted by molar-refractivity contribution is 0.436. The van der Waals surface area contributed by atoms with Gasteiger partial charge in [0.05, 0.1) is 102 Å². The van der Waals surface area contributed by atoms with Crippen LogP contribution in [0, 0.1) is 6.57 Å². The van der Waals surface area contributed by atoms with E-state index in [0.717, 1.165) is 139 Å². The second kappa shape index (κ2) is 18.4. The molecule has 0 saturated carbocycles. The lowest BCUT2D eigenvalue weighted by Gasteiger charge is -2.39. The molecule has 2 aliphatic rings. The van der Waals surface area contributed by atoms with Crippen molar-refractivity contribution in [3.8, 4) is 51.3 Å². The summed E-state index contributed by atoms with van der Waals surface area (Å²) >= 11 is 0. The largest absolute Gasteiger partial charge is 0.457 e. The summed E-state index contributed by atoms with van der Waals surface area (Å²) in [5.41, 5.74) is 20.8. The van der Waals surface area contributed by atoms with E-state index in [0.29, 0.717) is 5.69 Å². The molecule has 0 amide bonds. The van der Waals surface area contributed by atoms with Crippen molar-refractivity contribution in [2.24, 2.45) is 0 Å². The summed E-state index contributed by atoms with van der Waals surface area (Å²) in [6, 6.07) is 101. The Morgan fingerprint density at radius 2 is 0.548 bits per heavy atom. The van der Waals surface area contributed by atoms with Gasteiger partial charge in [-0.2, -0.15) is 0 Å². The van der Waals surface area contributed by atoms with Crippen molar-refractivity contribution in [3.63, 3.8) is 0 Å². The molecule has 21 rings (SSSR count). The topological polar surface area (TPSA) is 64.0 Å². The van der Waals surface area contributed by atoms with Crippen molar-refractivity contribution < 1.29 is 4.74 Å². The third-order valence-corrected chi connectivity index (χ3v) is 20.2. The fourth-order valence-corrected chi connectivity index (χ4v) is 16.5. The van der Waals surface area contributed by atoms with Crippen LogP contribution in [-0.2, 0) is 5.41 Å². The molecule has 1 spiro atoms. The van der Waals surface area contributed by atoms with Gasteiger partial charge in [0, 0.05) is 87.8 Å². The number of hydrogen-bond acceptors (Lipinski definition) is 3. The number of benzene rings is 12. The van der Waals surface area contributed by atoms with Crippen molar-refractivity contribution in [1.29, 1.82) is 0 Å².